The van der Waals surface area contributed by atoms with Crippen molar-refractivity contribution in [2.75, 3.05) is 31.2 Å². The molecule has 1 saturated heterocycles. The molecule has 5 rings (SSSR count). The van der Waals surface area contributed by atoms with Crippen LogP contribution in [0.1, 0.15) is 12.8 Å². The smallest absolute Gasteiger partial charge is 0.493 e. The van der Waals surface area contributed by atoms with Gasteiger partial charge in [0, 0.05) is 23.8 Å². The number of fused-ring (bicyclic) bond motifs is 1. The summed E-state index contributed by atoms with van der Waals surface area (Å²) in [6.07, 6.45) is -1.77. The van der Waals surface area contributed by atoms with Crippen LogP contribution >= 0.6 is 0 Å². The molecule has 0 amide bonds. The normalized spacial score (nSPS) is 17.6. The van der Waals surface area contributed by atoms with Crippen LogP contribution in [0.4, 0.5) is 24.7 Å². The van der Waals surface area contributed by atoms with Crippen molar-refractivity contribution in [3.8, 4) is 23.3 Å². The lowest BCUT2D eigenvalue weighted by Crippen LogP contribution is -2.35. The molecule has 2 aromatic carbocycles. The average molecular weight is 534 g/mol. The largest absolute Gasteiger partial charge is 0.573 e. The summed E-state index contributed by atoms with van der Waals surface area (Å²) < 4.78 is 59.5. The Morgan fingerprint density at radius 3 is 2.18 bits per heavy atom. The second kappa shape index (κ2) is 10.7. The number of rotatable bonds is 9. The third-order valence-electron chi connectivity index (χ3n) is 6.38. The van der Waals surface area contributed by atoms with Crippen LogP contribution in [-0.2, 0) is 6.54 Å². The molecular weight excluding hydrogens is 509 g/mol. The summed E-state index contributed by atoms with van der Waals surface area (Å²) in [5.41, 5.74) is 1.08. The number of aromatic nitrogens is 2. The fraction of sp³-hybridized carbons (Fsp3) is 0.400. The summed E-state index contributed by atoms with van der Waals surface area (Å²) >= 11 is 0. The number of halogens is 3. The zero-order valence-corrected chi connectivity index (χ0v) is 20.2. The second-order valence-corrected chi connectivity index (χ2v) is 9.10. The van der Waals surface area contributed by atoms with Crippen LogP contribution in [0.3, 0.4) is 0 Å². The van der Waals surface area contributed by atoms with E-state index in [1.807, 2.05) is 24.3 Å². The van der Waals surface area contributed by atoms with Crippen LogP contribution in [0.5, 0.6) is 23.3 Å². The number of hydrogen-bond donors (Lipinski definition) is 0. The van der Waals surface area contributed by atoms with Crippen molar-refractivity contribution in [1.29, 1.82) is 0 Å². The van der Waals surface area contributed by atoms with E-state index in [4.69, 9.17) is 14.2 Å². The maximum atomic E-state index is 12.3. The minimum absolute atomic E-state index is 0.225. The van der Waals surface area contributed by atoms with Gasteiger partial charge in [0.1, 0.15) is 30.1 Å². The van der Waals surface area contributed by atoms with Gasteiger partial charge in [0.05, 0.1) is 13.2 Å². The van der Waals surface area contributed by atoms with E-state index in [0.29, 0.717) is 37.2 Å². The van der Waals surface area contributed by atoms with Crippen molar-refractivity contribution in [1.82, 2.24) is 9.55 Å². The lowest BCUT2D eigenvalue weighted by Gasteiger charge is -2.33. The summed E-state index contributed by atoms with van der Waals surface area (Å²) in [7, 11) is 0. The zero-order chi connectivity index (χ0) is 26.7. The number of nitrogens with zero attached hydrogens (tertiary/aromatic N) is 4. The van der Waals surface area contributed by atoms with E-state index in [2.05, 4.69) is 14.6 Å². The van der Waals surface area contributed by atoms with Crippen molar-refractivity contribution in [3.05, 3.63) is 64.8 Å². The molecule has 0 unspecified atom stereocenters. The first-order valence-corrected chi connectivity index (χ1v) is 12.1. The quantitative estimate of drug-likeness (QED) is 0.284. The lowest BCUT2D eigenvalue weighted by molar-refractivity contribution is -0.389. The molecule has 1 aromatic heterocycles. The van der Waals surface area contributed by atoms with Gasteiger partial charge in [0.2, 0.25) is 0 Å². The highest BCUT2D eigenvalue weighted by atomic mass is 19.4. The molecule has 2 aliphatic rings. The average Bonchev–Trinajstić information content (AvgIpc) is 3.46. The Balaban J connectivity index is 1.02. The van der Waals surface area contributed by atoms with Gasteiger partial charge in [-0.3, -0.25) is 4.57 Å². The molecule has 2 aliphatic heterocycles. The van der Waals surface area contributed by atoms with E-state index in [-0.39, 0.29) is 23.7 Å². The molecule has 38 heavy (non-hydrogen) atoms. The number of benzene rings is 2. The molecule has 3 heterocycles. The van der Waals surface area contributed by atoms with E-state index in [9.17, 15) is 23.3 Å². The Hall–Kier alpha value is -4.16. The molecule has 0 aliphatic carbocycles. The van der Waals surface area contributed by atoms with Gasteiger partial charge in [-0.05, 0) is 72.2 Å². The van der Waals surface area contributed by atoms with Gasteiger partial charge < -0.3 is 34.0 Å². The van der Waals surface area contributed by atoms with E-state index in [0.717, 1.165) is 31.6 Å². The molecule has 0 N–H and O–H groups in total. The topological polar surface area (TPSA) is 101 Å². The molecule has 0 bridgehead atoms. The third-order valence-corrected chi connectivity index (χ3v) is 6.38. The highest BCUT2D eigenvalue weighted by Gasteiger charge is 2.32. The van der Waals surface area contributed by atoms with E-state index in [1.165, 1.54) is 30.5 Å². The first-order chi connectivity index (χ1) is 18.2. The van der Waals surface area contributed by atoms with E-state index in [1.54, 1.807) is 4.57 Å². The fourth-order valence-corrected chi connectivity index (χ4v) is 4.44. The van der Waals surface area contributed by atoms with Gasteiger partial charge in [0.15, 0.2) is 6.10 Å². The molecule has 202 valence electrons. The summed E-state index contributed by atoms with van der Waals surface area (Å²) in [6, 6.07) is 13.4. The first kappa shape index (κ1) is 25.5. The third kappa shape index (κ3) is 6.39. The van der Waals surface area contributed by atoms with Crippen molar-refractivity contribution in [3.63, 3.8) is 0 Å². The van der Waals surface area contributed by atoms with Crippen molar-refractivity contribution < 1.29 is 37.0 Å². The van der Waals surface area contributed by atoms with Crippen LogP contribution < -0.4 is 23.8 Å². The molecule has 1 atom stereocenters. The van der Waals surface area contributed by atoms with Crippen molar-refractivity contribution in [2.45, 2.75) is 31.9 Å². The number of anilines is 1. The predicted molar refractivity (Wildman–Crippen MR) is 129 cm³/mol. The predicted octanol–water partition coefficient (Wildman–Crippen LogP) is 4.83. The minimum atomic E-state index is -4.71. The molecular formula is C25H25F3N4O6. The summed E-state index contributed by atoms with van der Waals surface area (Å²) in [4.78, 5) is 16.4. The number of hydrogen-bond acceptors (Lipinski definition) is 8. The molecule has 0 spiro atoms. The highest BCUT2D eigenvalue weighted by molar-refractivity contribution is 5.49. The Morgan fingerprint density at radius 1 is 0.974 bits per heavy atom. The van der Waals surface area contributed by atoms with Gasteiger partial charge in [-0.15, -0.1) is 13.2 Å². The van der Waals surface area contributed by atoms with E-state index >= 15 is 0 Å². The first-order valence-electron chi connectivity index (χ1n) is 12.1. The Bertz CT molecular complexity index is 1220. The van der Waals surface area contributed by atoms with Crippen LogP contribution in [0, 0.1) is 16.0 Å². The minimum Gasteiger partial charge on any atom is -0.493 e. The number of alkyl halides is 3. The summed E-state index contributed by atoms with van der Waals surface area (Å²) in [5, 5.41) is 10.8. The maximum Gasteiger partial charge on any atom is 0.573 e. The zero-order valence-electron chi connectivity index (χ0n) is 20.2. The lowest BCUT2D eigenvalue weighted by atomic mass is 9.97. The molecule has 13 heteroatoms. The van der Waals surface area contributed by atoms with Crippen LogP contribution in [0.2, 0.25) is 0 Å². The number of piperidine rings is 1. The summed E-state index contributed by atoms with van der Waals surface area (Å²) in [5.74, 6) is 1.04. The van der Waals surface area contributed by atoms with Gasteiger partial charge >= 0.3 is 18.2 Å². The van der Waals surface area contributed by atoms with Crippen molar-refractivity contribution >= 4 is 11.5 Å². The highest BCUT2D eigenvalue weighted by Crippen LogP contribution is 2.29. The maximum absolute atomic E-state index is 12.3. The Labute approximate surface area is 215 Å². The van der Waals surface area contributed by atoms with E-state index < -0.39 is 11.3 Å². The van der Waals surface area contributed by atoms with Gasteiger partial charge in [-0.2, -0.15) is 0 Å². The molecule has 0 saturated carbocycles. The monoisotopic (exact) mass is 534 g/mol. The van der Waals surface area contributed by atoms with Gasteiger partial charge in [-0.1, -0.05) is 0 Å². The SMILES string of the molecule is O=[N+]([O-])c1cn2c(n1)O[C@@H](COc1ccc(N3CCC(COc4ccc(OC(F)(F)F)cc4)CC3)cc1)C2. The number of ether oxygens (including phenoxy) is 4. The molecule has 3 aromatic rings. The molecule has 1 fully saturated rings. The van der Waals surface area contributed by atoms with Crippen LogP contribution in [-0.4, -0.2) is 53.2 Å². The van der Waals surface area contributed by atoms with Gasteiger partial charge in [-0.25, -0.2) is 0 Å². The van der Waals surface area contributed by atoms with Gasteiger partial charge in [0.25, 0.3) is 0 Å². The van der Waals surface area contributed by atoms with Crippen LogP contribution in [0.25, 0.3) is 0 Å². The Morgan fingerprint density at radius 2 is 1.58 bits per heavy atom. The molecule has 10 nitrogen and oxygen atoms in total. The second-order valence-electron chi connectivity index (χ2n) is 9.10. The fourth-order valence-electron chi connectivity index (χ4n) is 4.44. The number of imidazole rings is 1. The van der Waals surface area contributed by atoms with Crippen molar-refractivity contribution in [2.24, 2.45) is 5.92 Å². The Kier molecular flexibility index (Phi) is 7.16. The summed E-state index contributed by atoms with van der Waals surface area (Å²) in [6.45, 7) is 2.95. The standard InChI is InChI=1S/C25H25F3N4O6/c26-25(27,28)38-21-7-5-20(6-8-21)35-15-17-9-11-30(12-10-17)18-1-3-19(4-2-18)36-16-22-13-31-14-23(32(33)34)29-24(31)37-22/h1-8,14,17,22H,9-13,15-16H2/t22-/m1/s1. The van der Waals surface area contributed by atoms with Crippen LogP contribution in [0.15, 0.2) is 54.7 Å². The molecule has 0 radical (unpaired) electrons. The number of nitro groups is 1.